The Balaban J connectivity index is 1.71. The molecule has 4 rings (SSSR count). The second-order valence-corrected chi connectivity index (χ2v) is 9.30. The van der Waals surface area contributed by atoms with Crippen LogP contribution in [-0.2, 0) is 11.7 Å². The van der Waals surface area contributed by atoms with Crippen molar-refractivity contribution in [3.63, 3.8) is 0 Å². The molecule has 1 aliphatic rings. The van der Waals surface area contributed by atoms with E-state index in [1.54, 1.807) is 17.7 Å². The molecule has 0 unspecified atom stereocenters. The number of nitrogens with zero attached hydrogens (tertiary/aromatic N) is 4. The molecule has 3 aromatic rings. The van der Waals surface area contributed by atoms with E-state index in [4.69, 9.17) is 4.98 Å². The van der Waals surface area contributed by atoms with Gasteiger partial charge < -0.3 is 0 Å². The maximum absolute atomic E-state index is 13.2. The summed E-state index contributed by atoms with van der Waals surface area (Å²) in [6.07, 6.45) is -2.82. The number of benzene rings is 1. The fraction of sp³-hybridized carbons (Fsp3) is 0.409. The molecular formula is C22H23F3N6O3. The van der Waals surface area contributed by atoms with Crippen molar-refractivity contribution in [2.24, 2.45) is 0 Å². The number of rotatable bonds is 5. The molecule has 1 amide bonds. The predicted molar refractivity (Wildman–Crippen MR) is 118 cm³/mol. The normalized spacial score (nSPS) is 14.3. The lowest BCUT2D eigenvalue weighted by Gasteiger charge is -2.20. The number of pyridine rings is 1. The van der Waals surface area contributed by atoms with Gasteiger partial charge in [-0.25, -0.2) is 9.67 Å². The number of carbonyl (C=O) groups excluding carboxylic acids is 1. The maximum atomic E-state index is 13.2. The zero-order valence-corrected chi connectivity index (χ0v) is 18.9. The number of nitro benzene ring substituents is 1. The van der Waals surface area contributed by atoms with Crippen LogP contribution in [0.25, 0.3) is 11.0 Å². The molecule has 1 aliphatic carbocycles. The van der Waals surface area contributed by atoms with Crippen molar-refractivity contribution >= 4 is 28.3 Å². The first kappa shape index (κ1) is 23.5. The van der Waals surface area contributed by atoms with E-state index in [2.05, 4.69) is 16.0 Å². The fourth-order valence-electron chi connectivity index (χ4n) is 3.70. The molecule has 180 valence electrons. The monoisotopic (exact) mass is 476 g/mol. The molecule has 0 aliphatic heterocycles. The van der Waals surface area contributed by atoms with Crippen LogP contribution in [0.4, 0.5) is 24.5 Å². The van der Waals surface area contributed by atoms with E-state index >= 15 is 0 Å². The number of halogens is 3. The van der Waals surface area contributed by atoms with E-state index in [1.165, 1.54) is 0 Å². The Morgan fingerprint density at radius 1 is 1.21 bits per heavy atom. The molecule has 0 spiro atoms. The van der Waals surface area contributed by atoms with Gasteiger partial charge in [-0.3, -0.25) is 25.8 Å². The number of hydrogen-bond donors (Lipinski definition) is 2. The number of amides is 1. The number of hydrazine groups is 1. The maximum Gasteiger partial charge on any atom is 0.416 e. The van der Waals surface area contributed by atoms with Gasteiger partial charge in [0.15, 0.2) is 5.65 Å². The number of nitrogens with one attached hydrogen (secondary N) is 2. The third-order valence-electron chi connectivity index (χ3n) is 5.54. The highest BCUT2D eigenvalue weighted by molar-refractivity contribution is 6.07. The highest BCUT2D eigenvalue weighted by Gasteiger charge is 2.33. The molecule has 0 saturated heterocycles. The van der Waals surface area contributed by atoms with E-state index in [0.29, 0.717) is 28.9 Å². The van der Waals surface area contributed by atoms with Crippen molar-refractivity contribution in [2.45, 2.75) is 58.2 Å². The minimum atomic E-state index is -4.74. The van der Waals surface area contributed by atoms with Crippen molar-refractivity contribution in [3.8, 4) is 0 Å². The van der Waals surface area contributed by atoms with E-state index in [9.17, 15) is 28.1 Å². The lowest BCUT2D eigenvalue weighted by molar-refractivity contribution is -0.384. The second kappa shape index (κ2) is 7.96. The highest BCUT2D eigenvalue weighted by atomic mass is 19.4. The summed E-state index contributed by atoms with van der Waals surface area (Å²) < 4.78 is 40.6. The highest BCUT2D eigenvalue weighted by Crippen LogP contribution is 2.41. The van der Waals surface area contributed by atoms with E-state index < -0.39 is 33.8 Å². The van der Waals surface area contributed by atoms with Gasteiger partial charge in [0.1, 0.15) is 5.69 Å². The predicted octanol–water partition coefficient (Wildman–Crippen LogP) is 5.06. The number of fused-ring (bicyclic) bond motifs is 1. The zero-order valence-electron chi connectivity index (χ0n) is 18.9. The average molecular weight is 476 g/mol. The number of aryl methyl sites for hydroxylation is 1. The zero-order chi connectivity index (χ0) is 25.0. The van der Waals surface area contributed by atoms with Gasteiger partial charge in [-0.2, -0.15) is 18.3 Å². The summed E-state index contributed by atoms with van der Waals surface area (Å²) in [4.78, 5) is 28.3. The smallest absolute Gasteiger partial charge is 0.292 e. The van der Waals surface area contributed by atoms with Crippen LogP contribution in [0.15, 0.2) is 24.3 Å². The standard InChI is InChI=1S/C22H23F3N6O3/c1-11-18-14(10-16(12-5-6-12)26-19(18)30(29-11)21(2,3)4)20(32)28-27-15-8-7-13(22(23,24)25)9-17(15)31(33)34/h7-10,12,27H,5-6H2,1-4H3,(H,28,32). The van der Waals surface area contributed by atoms with Gasteiger partial charge in [-0.15, -0.1) is 0 Å². The van der Waals surface area contributed by atoms with Gasteiger partial charge in [-0.1, -0.05) is 0 Å². The van der Waals surface area contributed by atoms with Crippen LogP contribution in [0.1, 0.15) is 66.8 Å². The number of carbonyl (C=O) groups is 1. The summed E-state index contributed by atoms with van der Waals surface area (Å²) in [6.45, 7) is 7.66. The minimum Gasteiger partial charge on any atom is -0.292 e. The summed E-state index contributed by atoms with van der Waals surface area (Å²) in [7, 11) is 0. The number of anilines is 1. The largest absolute Gasteiger partial charge is 0.416 e. The van der Waals surface area contributed by atoms with Crippen molar-refractivity contribution in [2.75, 3.05) is 5.43 Å². The summed E-state index contributed by atoms with van der Waals surface area (Å²) in [6, 6.07) is 3.71. The minimum absolute atomic E-state index is 0.239. The van der Waals surface area contributed by atoms with E-state index in [0.717, 1.165) is 24.6 Å². The van der Waals surface area contributed by atoms with Crippen molar-refractivity contribution in [1.82, 2.24) is 20.2 Å². The van der Waals surface area contributed by atoms with Crippen molar-refractivity contribution < 1.29 is 22.9 Å². The first-order valence-electron chi connectivity index (χ1n) is 10.6. The van der Waals surface area contributed by atoms with Gasteiger partial charge in [0.05, 0.1) is 32.7 Å². The number of hydrogen-bond acceptors (Lipinski definition) is 6. The first-order chi connectivity index (χ1) is 15.8. The Kier molecular flexibility index (Phi) is 5.49. The molecule has 0 radical (unpaired) electrons. The molecule has 9 nitrogen and oxygen atoms in total. The van der Waals surface area contributed by atoms with Gasteiger partial charge in [0.2, 0.25) is 0 Å². The molecule has 12 heteroatoms. The van der Waals surface area contributed by atoms with Gasteiger partial charge >= 0.3 is 6.18 Å². The third-order valence-corrected chi connectivity index (χ3v) is 5.54. The molecule has 2 N–H and O–H groups in total. The van der Waals surface area contributed by atoms with Crippen LogP contribution >= 0.6 is 0 Å². The molecular weight excluding hydrogens is 453 g/mol. The third kappa shape index (κ3) is 4.39. The number of aromatic nitrogens is 3. The Morgan fingerprint density at radius 3 is 2.44 bits per heavy atom. The fourth-order valence-corrected chi connectivity index (χ4v) is 3.70. The van der Waals surface area contributed by atoms with Crippen molar-refractivity contribution in [1.29, 1.82) is 0 Å². The number of alkyl halides is 3. The average Bonchev–Trinajstić information content (AvgIpc) is 3.53. The quantitative estimate of drug-likeness (QED) is 0.393. The lowest BCUT2D eigenvalue weighted by atomic mass is 10.1. The summed E-state index contributed by atoms with van der Waals surface area (Å²) >= 11 is 0. The van der Waals surface area contributed by atoms with E-state index in [-0.39, 0.29) is 17.2 Å². The van der Waals surface area contributed by atoms with Gasteiger partial charge in [0.25, 0.3) is 11.6 Å². The van der Waals surface area contributed by atoms with Crippen LogP contribution in [0, 0.1) is 17.0 Å². The Labute approximate surface area is 192 Å². The van der Waals surface area contributed by atoms with Crippen molar-refractivity contribution in [3.05, 3.63) is 56.9 Å². The summed E-state index contributed by atoms with van der Waals surface area (Å²) in [5.74, 6) is -0.372. The molecule has 2 aromatic heterocycles. The Bertz CT molecular complexity index is 1310. The van der Waals surface area contributed by atoms with Crippen LogP contribution in [-0.4, -0.2) is 25.6 Å². The molecule has 2 heterocycles. The second-order valence-electron chi connectivity index (χ2n) is 9.30. The molecule has 34 heavy (non-hydrogen) atoms. The SMILES string of the molecule is Cc1nn(C(C)(C)C)c2nc(C3CC3)cc(C(=O)NNc3ccc(C(F)(F)F)cc3[N+](=O)[O-])c12. The summed E-state index contributed by atoms with van der Waals surface area (Å²) in [5, 5.41) is 16.4. The lowest BCUT2D eigenvalue weighted by Crippen LogP contribution is -2.30. The first-order valence-corrected chi connectivity index (χ1v) is 10.6. The molecule has 0 bridgehead atoms. The van der Waals surface area contributed by atoms with Crippen LogP contribution in [0.3, 0.4) is 0 Å². The van der Waals surface area contributed by atoms with Gasteiger partial charge in [-0.05, 0) is 58.7 Å². The van der Waals surface area contributed by atoms with Crippen LogP contribution < -0.4 is 10.9 Å². The Morgan fingerprint density at radius 2 is 1.88 bits per heavy atom. The van der Waals surface area contributed by atoms with E-state index in [1.807, 2.05) is 20.8 Å². The molecule has 1 fully saturated rings. The number of nitro groups is 1. The summed E-state index contributed by atoms with van der Waals surface area (Å²) in [5.41, 5.74) is 4.31. The van der Waals surface area contributed by atoms with Crippen LogP contribution in [0.2, 0.25) is 0 Å². The molecule has 1 aromatic carbocycles. The topological polar surface area (TPSA) is 115 Å². The Hall–Kier alpha value is -3.70. The molecule has 0 atom stereocenters. The van der Waals surface area contributed by atoms with Gasteiger partial charge in [0, 0.05) is 17.7 Å². The molecule has 1 saturated carbocycles. The van der Waals surface area contributed by atoms with Crippen LogP contribution in [0.5, 0.6) is 0 Å².